The van der Waals surface area contributed by atoms with Crippen molar-refractivity contribution in [3.05, 3.63) is 29.3 Å². The van der Waals surface area contributed by atoms with Gasteiger partial charge in [-0.05, 0) is 42.5 Å². The number of aromatic hydroxyl groups is 1. The molecule has 0 heterocycles. The number of fused-ring (bicyclic) bond motifs is 1. The van der Waals surface area contributed by atoms with Gasteiger partial charge in [0.05, 0.1) is 0 Å². The molecule has 1 aromatic carbocycles. The van der Waals surface area contributed by atoms with E-state index >= 15 is 0 Å². The molecule has 0 aliphatic heterocycles. The van der Waals surface area contributed by atoms with E-state index in [2.05, 4.69) is 12.6 Å². The monoisotopic (exact) mass is 180 g/mol. The van der Waals surface area contributed by atoms with Gasteiger partial charge in [0.2, 0.25) is 0 Å². The number of rotatable bonds is 0. The van der Waals surface area contributed by atoms with Crippen molar-refractivity contribution in [2.45, 2.75) is 24.5 Å². The molecular formula is C10H12OS. The van der Waals surface area contributed by atoms with Crippen LogP contribution in [0.3, 0.4) is 0 Å². The smallest absolute Gasteiger partial charge is 0.115 e. The van der Waals surface area contributed by atoms with Crippen molar-refractivity contribution in [3.8, 4) is 5.75 Å². The summed E-state index contributed by atoms with van der Waals surface area (Å²) >= 11 is 4.49. The Bertz CT molecular complexity index is 296. The van der Waals surface area contributed by atoms with Crippen LogP contribution in [0.15, 0.2) is 18.2 Å². The highest BCUT2D eigenvalue weighted by Gasteiger charge is 2.16. The molecular weight excluding hydrogens is 168 g/mol. The first-order chi connectivity index (χ1) is 5.77. The van der Waals surface area contributed by atoms with Crippen LogP contribution >= 0.6 is 12.6 Å². The molecule has 0 radical (unpaired) electrons. The molecule has 12 heavy (non-hydrogen) atoms. The molecule has 0 bridgehead atoms. The molecule has 1 unspecified atom stereocenters. The highest BCUT2D eigenvalue weighted by atomic mass is 32.1. The van der Waals surface area contributed by atoms with Gasteiger partial charge in [0.25, 0.3) is 0 Å². The summed E-state index contributed by atoms with van der Waals surface area (Å²) in [7, 11) is 0. The van der Waals surface area contributed by atoms with Crippen molar-refractivity contribution in [2.75, 3.05) is 0 Å². The lowest BCUT2D eigenvalue weighted by Gasteiger charge is -2.21. The third kappa shape index (κ3) is 1.31. The summed E-state index contributed by atoms with van der Waals surface area (Å²) < 4.78 is 0. The lowest BCUT2D eigenvalue weighted by atomic mass is 9.91. The topological polar surface area (TPSA) is 20.2 Å². The molecule has 0 saturated carbocycles. The zero-order valence-corrected chi connectivity index (χ0v) is 7.72. The molecule has 0 spiro atoms. The second-order valence-corrected chi connectivity index (χ2v) is 3.91. The normalized spacial score (nSPS) is 21.9. The Morgan fingerprint density at radius 1 is 1.42 bits per heavy atom. The van der Waals surface area contributed by atoms with Gasteiger partial charge < -0.3 is 5.11 Å². The summed E-state index contributed by atoms with van der Waals surface area (Å²) in [6.07, 6.45) is 3.42. The maximum Gasteiger partial charge on any atom is 0.115 e. The van der Waals surface area contributed by atoms with Crippen molar-refractivity contribution in [2.24, 2.45) is 0 Å². The Kier molecular flexibility index (Phi) is 2.01. The summed E-state index contributed by atoms with van der Waals surface area (Å²) in [6, 6.07) is 5.59. The zero-order chi connectivity index (χ0) is 8.55. The SMILES string of the molecule is Oc1ccc2c(c1)CCCC2S. The molecule has 1 aromatic rings. The minimum Gasteiger partial charge on any atom is -0.508 e. The van der Waals surface area contributed by atoms with Gasteiger partial charge in [-0.15, -0.1) is 0 Å². The van der Waals surface area contributed by atoms with Gasteiger partial charge in [-0.25, -0.2) is 0 Å². The van der Waals surface area contributed by atoms with Gasteiger partial charge in [-0.1, -0.05) is 6.07 Å². The Hall–Kier alpha value is -0.630. The van der Waals surface area contributed by atoms with Crippen LogP contribution < -0.4 is 0 Å². The Morgan fingerprint density at radius 2 is 2.25 bits per heavy atom. The number of aryl methyl sites for hydroxylation is 1. The molecule has 1 N–H and O–H groups in total. The molecule has 1 aliphatic rings. The second kappa shape index (κ2) is 3.02. The summed E-state index contributed by atoms with van der Waals surface area (Å²) in [4.78, 5) is 0. The molecule has 1 aliphatic carbocycles. The third-order valence-corrected chi connectivity index (χ3v) is 2.95. The maximum absolute atomic E-state index is 9.25. The minimum atomic E-state index is 0.370. The van der Waals surface area contributed by atoms with Crippen molar-refractivity contribution in [1.82, 2.24) is 0 Å². The summed E-state index contributed by atoms with van der Waals surface area (Å²) in [6.45, 7) is 0. The van der Waals surface area contributed by atoms with E-state index < -0.39 is 0 Å². The van der Waals surface area contributed by atoms with Crippen molar-refractivity contribution < 1.29 is 5.11 Å². The fraction of sp³-hybridized carbons (Fsp3) is 0.400. The van der Waals surface area contributed by atoms with Crippen LogP contribution in [0.4, 0.5) is 0 Å². The Balaban J connectivity index is 2.46. The molecule has 0 saturated heterocycles. The van der Waals surface area contributed by atoms with E-state index in [0.717, 1.165) is 12.8 Å². The van der Waals surface area contributed by atoms with Crippen LogP contribution in [-0.2, 0) is 6.42 Å². The number of benzene rings is 1. The predicted octanol–water partition coefficient (Wildman–Crippen LogP) is 2.70. The molecule has 2 heteroatoms. The Morgan fingerprint density at radius 3 is 3.08 bits per heavy atom. The average molecular weight is 180 g/mol. The summed E-state index contributed by atoms with van der Waals surface area (Å²) in [5, 5.41) is 9.62. The van der Waals surface area contributed by atoms with Gasteiger partial charge in [0, 0.05) is 5.25 Å². The number of thiol groups is 1. The fourth-order valence-electron chi connectivity index (χ4n) is 1.78. The molecule has 64 valence electrons. The van der Waals surface area contributed by atoms with E-state index in [1.54, 1.807) is 6.07 Å². The number of hydrogen-bond acceptors (Lipinski definition) is 2. The average Bonchev–Trinajstić information content (AvgIpc) is 2.04. The van der Waals surface area contributed by atoms with Crippen molar-refractivity contribution >= 4 is 12.6 Å². The second-order valence-electron chi connectivity index (χ2n) is 3.29. The molecule has 1 atom stereocenters. The molecule has 1 nitrogen and oxygen atoms in total. The van der Waals surface area contributed by atoms with Gasteiger partial charge in [-0.3, -0.25) is 0 Å². The van der Waals surface area contributed by atoms with Crippen molar-refractivity contribution in [1.29, 1.82) is 0 Å². The number of phenolic OH excluding ortho intramolecular Hbond substituents is 1. The largest absolute Gasteiger partial charge is 0.508 e. The maximum atomic E-state index is 9.25. The van der Waals surface area contributed by atoms with E-state index in [9.17, 15) is 5.11 Å². The van der Waals surface area contributed by atoms with Crippen LogP contribution in [0.2, 0.25) is 0 Å². The van der Waals surface area contributed by atoms with Gasteiger partial charge >= 0.3 is 0 Å². The van der Waals surface area contributed by atoms with Crippen LogP contribution in [0.5, 0.6) is 5.75 Å². The van der Waals surface area contributed by atoms with Gasteiger partial charge in [0.15, 0.2) is 0 Å². The quantitative estimate of drug-likeness (QED) is 0.588. The molecule has 0 aromatic heterocycles. The first kappa shape index (κ1) is 7.99. The standard InChI is InChI=1S/C10H12OS/c11-8-4-5-9-7(6-8)2-1-3-10(9)12/h4-6,10-12H,1-3H2. The Labute approximate surface area is 77.8 Å². The molecule has 2 rings (SSSR count). The lowest BCUT2D eigenvalue weighted by Crippen LogP contribution is -2.04. The van der Waals surface area contributed by atoms with E-state index in [1.807, 2.05) is 12.1 Å². The summed E-state index contributed by atoms with van der Waals surface area (Å²) in [5.74, 6) is 0.371. The fourth-order valence-corrected chi connectivity index (χ4v) is 2.21. The van der Waals surface area contributed by atoms with E-state index in [4.69, 9.17) is 0 Å². The minimum absolute atomic E-state index is 0.370. The molecule has 0 amide bonds. The first-order valence-corrected chi connectivity index (χ1v) is 4.79. The predicted molar refractivity (Wildman–Crippen MR) is 52.8 cm³/mol. The highest BCUT2D eigenvalue weighted by molar-refractivity contribution is 7.80. The van der Waals surface area contributed by atoms with Crippen LogP contribution in [0, 0.1) is 0 Å². The molecule has 0 fully saturated rings. The van der Waals surface area contributed by atoms with E-state index in [-0.39, 0.29) is 0 Å². The lowest BCUT2D eigenvalue weighted by molar-refractivity contribution is 0.473. The van der Waals surface area contributed by atoms with Gasteiger partial charge in [0.1, 0.15) is 5.75 Å². The zero-order valence-electron chi connectivity index (χ0n) is 6.83. The number of phenols is 1. The van der Waals surface area contributed by atoms with Crippen molar-refractivity contribution in [3.63, 3.8) is 0 Å². The van der Waals surface area contributed by atoms with Crippen LogP contribution in [-0.4, -0.2) is 5.11 Å². The van der Waals surface area contributed by atoms with E-state index in [1.165, 1.54) is 17.5 Å². The summed E-state index contributed by atoms with van der Waals surface area (Å²) in [5.41, 5.74) is 2.56. The number of hydrogen-bond donors (Lipinski definition) is 2. The van der Waals surface area contributed by atoms with Crippen LogP contribution in [0.1, 0.15) is 29.2 Å². The van der Waals surface area contributed by atoms with Gasteiger partial charge in [-0.2, -0.15) is 12.6 Å². The third-order valence-electron chi connectivity index (χ3n) is 2.41. The van der Waals surface area contributed by atoms with Crippen LogP contribution in [0.25, 0.3) is 0 Å². The first-order valence-electron chi connectivity index (χ1n) is 4.27. The van der Waals surface area contributed by atoms with E-state index in [0.29, 0.717) is 11.0 Å². The highest BCUT2D eigenvalue weighted by Crippen LogP contribution is 2.35.